The van der Waals surface area contributed by atoms with Crippen LogP contribution >= 0.6 is 22.9 Å². The van der Waals surface area contributed by atoms with E-state index in [1.54, 1.807) is 23.5 Å². The summed E-state index contributed by atoms with van der Waals surface area (Å²) in [5.41, 5.74) is 9.06. The number of primary amides is 1. The van der Waals surface area contributed by atoms with Crippen LogP contribution in [0.25, 0.3) is 21.8 Å². The van der Waals surface area contributed by atoms with Gasteiger partial charge in [0.25, 0.3) is 0 Å². The quantitative estimate of drug-likeness (QED) is 0.588. The van der Waals surface area contributed by atoms with Gasteiger partial charge in [-0.05, 0) is 46.7 Å². The third-order valence-corrected chi connectivity index (χ3v) is 5.00. The van der Waals surface area contributed by atoms with Gasteiger partial charge in [0, 0.05) is 22.9 Å². The molecule has 2 N–H and O–H groups in total. The molecule has 0 spiro atoms. The van der Waals surface area contributed by atoms with E-state index in [2.05, 4.69) is 22.1 Å². The minimum atomic E-state index is -0.446. The van der Waals surface area contributed by atoms with Gasteiger partial charge in [0.15, 0.2) is 0 Å². The average molecular weight is 340 g/mol. The Hall–Kier alpha value is -2.30. The lowest BCUT2D eigenvalue weighted by atomic mass is 10.1. The fourth-order valence-corrected chi connectivity index (χ4v) is 3.92. The lowest BCUT2D eigenvalue weighted by molar-refractivity contribution is 0.100. The van der Waals surface area contributed by atoms with E-state index in [4.69, 9.17) is 17.3 Å². The van der Waals surface area contributed by atoms with Crippen molar-refractivity contribution >= 4 is 50.7 Å². The minimum Gasteiger partial charge on any atom is -0.366 e. The van der Waals surface area contributed by atoms with E-state index in [1.165, 1.54) is 5.56 Å². The van der Waals surface area contributed by atoms with Crippen LogP contribution in [0.5, 0.6) is 0 Å². The Morgan fingerprint density at radius 1 is 1.30 bits per heavy atom. The van der Waals surface area contributed by atoms with Gasteiger partial charge >= 0.3 is 0 Å². The van der Waals surface area contributed by atoms with Crippen LogP contribution in [0.2, 0.25) is 5.02 Å². The first-order valence-corrected chi connectivity index (χ1v) is 8.41. The highest BCUT2D eigenvalue weighted by atomic mass is 35.5. The Morgan fingerprint density at radius 2 is 2.17 bits per heavy atom. The van der Waals surface area contributed by atoms with Gasteiger partial charge in [0.05, 0.1) is 16.1 Å². The van der Waals surface area contributed by atoms with Gasteiger partial charge < -0.3 is 10.3 Å². The van der Waals surface area contributed by atoms with Crippen molar-refractivity contribution in [2.24, 2.45) is 5.73 Å². The largest absolute Gasteiger partial charge is 0.366 e. The summed E-state index contributed by atoms with van der Waals surface area (Å²) in [6.45, 7) is 0.684. The summed E-state index contributed by atoms with van der Waals surface area (Å²) >= 11 is 8.11. The molecule has 0 atom stereocenters. The molecular formula is C18H12ClN2OS. The number of fused-ring (bicyclic) bond motifs is 3. The third kappa shape index (κ3) is 2.22. The topological polar surface area (TPSA) is 48.0 Å². The van der Waals surface area contributed by atoms with Crippen molar-refractivity contribution in [3.63, 3.8) is 0 Å². The number of benzene rings is 2. The molecule has 1 radical (unpaired) electrons. The van der Waals surface area contributed by atoms with Gasteiger partial charge in [-0.3, -0.25) is 4.79 Å². The summed E-state index contributed by atoms with van der Waals surface area (Å²) in [7, 11) is 0. The SMILES string of the molecule is NC(=O)c1cccc2c1c1[c]ccc(Cl)c1n2Cc1ccsc1. The molecule has 5 heteroatoms. The first-order valence-electron chi connectivity index (χ1n) is 7.09. The molecule has 0 saturated heterocycles. The van der Waals surface area contributed by atoms with E-state index < -0.39 is 5.91 Å². The zero-order valence-corrected chi connectivity index (χ0v) is 13.6. The van der Waals surface area contributed by atoms with E-state index in [1.807, 2.05) is 23.6 Å². The molecule has 0 aliphatic rings. The Balaban J connectivity index is 2.14. The van der Waals surface area contributed by atoms with E-state index in [-0.39, 0.29) is 0 Å². The monoisotopic (exact) mass is 339 g/mol. The Bertz CT molecular complexity index is 1030. The summed E-state index contributed by atoms with van der Waals surface area (Å²) in [5.74, 6) is -0.446. The molecule has 113 valence electrons. The Labute approximate surface area is 141 Å². The van der Waals surface area contributed by atoms with Crippen LogP contribution in [-0.2, 0) is 6.54 Å². The number of thiophene rings is 1. The lowest BCUT2D eigenvalue weighted by Crippen LogP contribution is -2.11. The zero-order valence-electron chi connectivity index (χ0n) is 12.0. The van der Waals surface area contributed by atoms with Crippen molar-refractivity contribution in [1.29, 1.82) is 0 Å². The fourth-order valence-electron chi connectivity index (χ4n) is 3.00. The number of carbonyl (C=O) groups excluding carboxylic acids is 1. The maximum Gasteiger partial charge on any atom is 0.249 e. The highest BCUT2D eigenvalue weighted by Gasteiger charge is 2.18. The molecule has 0 unspecified atom stereocenters. The predicted molar refractivity (Wildman–Crippen MR) is 95.2 cm³/mol. The second kappa shape index (κ2) is 5.41. The molecular weight excluding hydrogens is 328 g/mol. The van der Waals surface area contributed by atoms with Crippen LogP contribution in [0.4, 0.5) is 0 Å². The fraction of sp³-hybridized carbons (Fsp3) is 0.0556. The van der Waals surface area contributed by atoms with Gasteiger partial charge in [-0.25, -0.2) is 0 Å². The van der Waals surface area contributed by atoms with Gasteiger partial charge in [-0.15, -0.1) is 0 Å². The van der Waals surface area contributed by atoms with Crippen LogP contribution in [0, 0.1) is 6.07 Å². The summed E-state index contributed by atoms with van der Waals surface area (Å²) in [6.07, 6.45) is 0. The number of rotatable bonds is 3. The van der Waals surface area contributed by atoms with Crippen molar-refractivity contribution < 1.29 is 4.79 Å². The molecule has 1 amide bonds. The first-order chi connectivity index (χ1) is 11.2. The maximum atomic E-state index is 11.8. The Morgan fingerprint density at radius 3 is 2.91 bits per heavy atom. The number of nitrogens with two attached hydrogens (primary N) is 1. The van der Waals surface area contributed by atoms with Crippen molar-refractivity contribution in [2.75, 3.05) is 0 Å². The van der Waals surface area contributed by atoms with Crippen LogP contribution in [0.1, 0.15) is 15.9 Å². The molecule has 2 aromatic heterocycles. The van der Waals surface area contributed by atoms with Crippen molar-refractivity contribution in [1.82, 2.24) is 4.57 Å². The molecule has 4 rings (SSSR count). The second-order valence-corrected chi connectivity index (χ2v) is 6.52. The van der Waals surface area contributed by atoms with Crippen molar-refractivity contribution in [3.8, 4) is 0 Å². The third-order valence-electron chi connectivity index (χ3n) is 3.96. The Kier molecular flexibility index (Phi) is 3.36. The lowest BCUT2D eigenvalue weighted by Gasteiger charge is -2.07. The molecule has 0 saturated carbocycles. The average Bonchev–Trinajstić information content (AvgIpc) is 3.15. The summed E-state index contributed by atoms with van der Waals surface area (Å²) in [4.78, 5) is 11.8. The van der Waals surface area contributed by atoms with Gasteiger partial charge in [0.2, 0.25) is 5.91 Å². The number of halogens is 1. The normalized spacial score (nSPS) is 11.3. The highest BCUT2D eigenvalue weighted by Crippen LogP contribution is 2.35. The van der Waals surface area contributed by atoms with Crippen LogP contribution in [-0.4, -0.2) is 10.5 Å². The molecule has 2 aromatic carbocycles. The van der Waals surface area contributed by atoms with Crippen molar-refractivity contribution in [2.45, 2.75) is 6.54 Å². The second-order valence-electron chi connectivity index (χ2n) is 5.33. The molecule has 0 aliphatic carbocycles. The molecule has 0 aliphatic heterocycles. The summed E-state index contributed by atoms with van der Waals surface area (Å²) in [5, 5.41) is 6.44. The van der Waals surface area contributed by atoms with Gasteiger partial charge in [-0.2, -0.15) is 11.3 Å². The zero-order chi connectivity index (χ0) is 16.0. The molecule has 4 aromatic rings. The molecule has 23 heavy (non-hydrogen) atoms. The van der Waals surface area contributed by atoms with E-state index in [0.717, 1.165) is 21.8 Å². The number of aromatic nitrogens is 1. The first kappa shape index (κ1) is 14.3. The summed E-state index contributed by atoms with van der Waals surface area (Å²) in [6, 6.07) is 14.5. The van der Waals surface area contributed by atoms with Gasteiger partial charge in [-0.1, -0.05) is 23.7 Å². The number of amides is 1. The smallest absolute Gasteiger partial charge is 0.249 e. The van der Waals surface area contributed by atoms with E-state index >= 15 is 0 Å². The standard InChI is InChI=1S/C18H12ClN2OS/c19-14-5-1-3-12-16-13(18(20)22)4-2-6-15(16)21(17(12)14)9-11-7-8-23-10-11/h1-2,4-8,10H,9H2,(H2,20,22). The van der Waals surface area contributed by atoms with E-state index in [9.17, 15) is 4.79 Å². The van der Waals surface area contributed by atoms with Crippen LogP contribution in [0.3, 0.4) is 0 Å². The van der Waals surface area contributed by atoms with Gasteiger partial charge in [0.1, 0.15) is 0 Å². The van der Waals surface area contributed by atoms with Crippen molar-refractivity contribution in [3.05, 3.63) is 69.4 Å². The number of carbonyl (C=O) groups is 1. The summed E-state index contributed by atoms with van der Waals surface area (Å²) < 4.78 is 2.12. The number of hydrogen-bond donors (Lipinski definition) is 1. The van der Waals surface area contributed by atoms with Crippen LogP contribution < -0.4 is 5.73 Å². The minimum absolute atomic E-state index is 0.446. The van der Waals surface area contributed by atoms with E-state index in [0.29, 0.717) is 17.1 Å². The number of nitrogens with zero attached hydrogens (tertiary/aromatic N) is 1. The molecule has 2 heterocycles. The number of hydrogen-bond acceptors (Lipinski definition) is 2. The molecule has 0 fully saturated rings. The predicted octanol–water partition coefficient (Wildman–Crippen LogP) is 4.46. The van der Waals surface area contributed by atoms with Crippen LogP contribution in [0.15, 0.2) is 47.2 Å². The molecule has 3 nitrogen and oxygen atoms in total. The highest BCUT2D eigenvalue weighted by molar-refractivity contribution is 7.07. The maximum absolute atomic E-state index is 11.8. The molecule has 0 bridgehead atoms.